The van der Waals surface area contributed by atoms with Crippen LogP contribution in [0.1, 0.15) is 79.0 Å². The number of rotatable bonds is 7. The maximum Gasteiger partial charge on any atom is 0.0541 e. The average molecular weight is 746 g/mol. The third kappa shape index (κ3) is 5.30. The molecule has 1 aromatic heterocycles. The van der Waals surface area contributed by atoms with Crippen LogP contribution in [0.5, 0.6) is 0 Å². The van der Waals surface area contributed by atoms with Gasteiger partial charge >= 0.3 is 0 Å². The molecule has 58 heavy (non-hydrogen) atoms. The molecule has 0 bridgehead atoms. The summed E-state index contributed by atoms with van der Waals surface area (Å²) < 4.78 is 2.39. The lowest BCUT2D eigenvalue weighted by Gasteiger charge is -2.25. The number of aromatic nitrogens is 1. The molecule has 0 aliphatic heterocycles. The van der Waals surface area contributed by atoms with Crippen molar-refractivity contribution in [2.45, 2.75) is 57.3 Å². The Morgan fingerprint density at radius 1 is 0.414 bits per heavy atom. The minimum atomic E-state index is -0.0425. The van der Waals surface area contributed by atoms with Crippen LogP contribution in [0.4, 0.5) is 0 Å². The largest absolute Gasteiger partial charge is 0.309 e. The molecule has 0 N–H and O–H groups in total. The standard InChI is InChI=1S/C57H47N/c1-56(2)50-19-11-8-16-44(50)46-31-23-37(34-52(46)56)22-30-43(41-28-32-47-45-17-9-12-20-51(45)57(3,4)53(47)36-41)39-26-24-38(25-27-39)40-29-33-55-49(35-40)48-18-10-13-21-54(48)58(55)42-14-6-5-7-15-42/h5-21,23-29,31-36,43H,22,30H2,1-4H3. The molecule has 0 saturated heterocycles. The number of benzene rings is 8. The normalized spacial score (nSPS) is 14.9. The molecule has 8 aromatic carbocycles. The molecule has 1 nitrogen and oxygen atoms in total. The summed E-state index contributed by atoms with van der Waals surface area (Å²) in [7, 11) is 0. The number of aryl methyl sites for hydroxylation is 1. The van der Waals surface area contributed by atoms with Crippen LogP contribution in [-0.2, 0) is 17.3 Å². The Bertz CT molecular complexity index is 3050. The maximum absolute atomic E-state index is 2.53. The highest BCUT2D eigenvalue weighted by atomic mass is 15.0. The molecule has 11 rings (SSSR count). The lowest BCUT2D eigenvalue weighted by molar-refractivity contribution is 0.652. The molecule has 0 saturated carbocycles. The lowest BCUT2D eigenvalue weighted by atomic mass is 9.79. The molecule has 9 aromatic rings. The van der Waals surface area contributed by atoms with Gasteiger partial charge in [-0.2, -0.15) is 0 Å². The summed E-state index contributed by atoms with van der Waals surface area (Å²) in [4.78, 5) is 0. The fourth-order valence-electron chi connectivity index (χ4n) is 10.6. The first-order valence-corrected chi connectivity index (χ1v) is 20.9. The van der Waals surface area contributed by atoms with E-state index in [4.69, 9.17) is 0 Å². The lowest BCUT2D eigenvalue weighted by Crippen LogP contribution is -2.16. The number of hydrogen-bond acceptors (Lipinski definition) is 0. The summed E-state index contributed by atoms with van der Waals surface area (Å²) in [6, 6.07) is 68.5. The Balaban J connectivity index is 0.967. The Kier molecular flexibility index (Phi) is 7.82. The number of hydrogen-bond donors (Lipinski definition) is 0. The van der Waals surface area contributed by atoms with Gasteiger partial charge in [-0.15, -0.1) is 0 Å². The topological polar surface area (TPSA) is 4.93 Å². The van der Waals surface area contributed by atoms with E-state index in [1.807, 2.05) is 0 Å². The highest BCUT2D eigenvalue weighted by Crippen LogP contribution is 2.51. The Morgan fingerprint density at radius 3 is 1.69 bits per heavy atom. The van der Waals surface area contributed by atoms with E-state index in [0.29, 0.717) is 0 Å². The average Bonchev–Trinajstić information content (AvgIpc) is 3.80. The summed E-state index contributed by atoms with van der Waals surface area (Å²) >= 11 is 0. The monoisotopic (exact) mass is 745 g/mol. The molecule has 0 fully saturated rings. The van der Waals surface area contributed by atoms with Crippen molar-refractivity contribution in [2.75, 3.05) is 0 Å². The Hall–Kier alpha value is -6.44. The van der Waals surface area contributed by atoms with Crippen LogP contribution < -0.4 is 0 Å². The number of para-hydroxylation sites is 2. The Labute approximate surface area is 342 Å². The zero-order chi connectivity index (χ0) is 39.2. The van der Waals surface area contributed by atoms with E-state index in [1.54, 1.807) is 0 Å². The van der Waals surface area contributed by atoms with Crippen molar-refractivity contribution < 1.29 is 0 Å². The molecule has 2 aliphatic rings. The molecular weight excluding hydrogens is 699 g/mol. The predicted octanol–water partition coefficient (Wildman–Crippen LogP) is 14.8. The van der Waals surface area contributed by atoms with E-state index in [2.05, 4.69) is 214 Å². The summed E-state index contributed by atoms with van der Waals surface area (Å²) in [6.07, 6.45) is 2.04. The fourth-order valence-corrected chi connectivity index (χ4v) is 10.6. The van der Waals surface area contributed by atoms with Gasteiger partial charge in [0.15, 0.2) is 0 Å². The second-order valence-electron chi connectivity index (χ2n) is 17.7. The number of fused-ring (bicyclic) bond motifs is 9. The zero-order valence-corrected chi connectivity index (χ0v) is 33.8. The zero-order valence-electron chi connectivity index (χ0n) is 33.8. The highest BCUT2D eigenvalue weighted by molar-refractivity contribution is 6.10. The van der Waals surface area contributed by atoms with Crippen LogP contribution in [0.15, 0.2) is 182 Å². The van der Waals surface area contributed by atoms with Gasteiger partial charge in [-0.1, -0.05) is 179 Å². The molecule has 2 aliphatic carbocycles. The summed E-state index contributed by atoms with van der Waals surface area (Å²) in [5, 5.41) is 2.56. The summed E-state index contributed by atoms with van der Waals surface area (Å²) in [5.74, 6) is 0.253. The SMILES string of the molecule is CC1(C)c2ccccc2-c2ccc(CCC(c3ccc(-c4ccc5c(c4)c4ccccc4n5-c4ccccc4)cc3)c3ccc4c(c3)C(C)(C)c3ccccc3-4)cc21. The van der Waals surface area contributed by atoms with Crippen LogP contribution in [0, 0.1) is 0 Å². The third-order valence-electron chi connectivity index (χ3n) is 13.7. The second-order valence-corrected chi connectivity index (χ2v) is 17.7. The van der Waals surface area contributed by atoms with Gasteiger partial charge in [-0.25, -0.2) is 0 Å². The molecule has 0 radical (unpaired) electrons. The van der Waals surface area contributed by atoms with Crippen LogP contribution in [0.3, 0.4) is 0 Å². The van der Waals surface area contributed by atoms with Gasteiger partial charge in [-0.3, -0.25) is 0 Å². The molecule has 1 heteroatoms. The van der Waals surface area contributed by atoms with Crippen molar-refractivity contribution in [3.63, 3.8) is 0 Å². The minimum absolute atomic E-state index is 0.00277. The van der Waals surface area contributed by atoms with E-state index in [1.165, 1.54) is 99.8 Å². The van der Waals surface area contributed by atoms with Crippen LogP contribution in [0.25, 0.3) is 60.9 Å². The van der Waals surface area contributed by atoms with Crippen LogP contribution >= 0.6 is 0 Å². The molecule has 0 spiro atoms. The van der Waals surface area contributed by atoms with Crippen molar-refractivity contribution in [3.05, 3.63) is 221 Å². The summed E-state index contributed by atoms with van der Waals surface area (Å²) in [5.41, 5.74) is 21.5. The summed E-state index contributed by atoms with van der Waals surface area (Å²) in [6.45, 7) is 9.55. The van der Waals surface area contributed by atoms with Crippen molar-refractivity contribution in [2.24, 2.45) is 0 Å². The van der Waals surface area contributed by atoms with E-state index in [9.17, 15) is 0 Å². The van der Waals surface area contributed by atoms with E-state index < -0.39 is 0 Å². The van der Waals surface area contributed by atoms with Crippen molar-refractivity contribution in [1.29, 1.82) is 0 Å². The third-order valence-corrected chi connectivity index (χ3v) is 13.7. The van der Waals surface area contributed by atoms with Crippen molar-refractivity contribution in [3.8, 4) is 39.1 Å². The highest BCUT2D eigenvalue weighted by Gasteiger charge is 2.37. The first kappa shape index (κ1) is 34.8. The van der Waals surface area contributed by atoms with E-state index >= 15 is 0 Å². The minimum Gasteiger partial charge on any atom is -0.309 e. The maximum atomic E-state index is 2.53. The molecule has 1 unspecified atom stereocenters. The molecule has 280 valence electrons. The first-order chi connectivity index (χ1) is 28.3. The smallest absolute Gasteiger partial charge is 0.0541 e. The fraction of sp³-hybridized carbons (Fsp3) is 0.158. The van der Waals surface area contributed by atoms with Gasteiger partial charge in [0.2, 0.25) is 0 Å². The quantitative estimate of drug-likeness (QED) is 0.153. The first-order valence-electron chi connectivity index (χ1n) is 20.9. The molecule has 1 heterocycles. The molecule has 0 amide bonds. The van der Waals surface area contributed by atoms with Gasteiger partial charge < -0.3 is 4.57 Å². The second kappa shape index (κ2) is 13.0. The van der Waals surface area contributed by atoms with Gasteiger partial charge in [-0.05, 0) is 115 Å². The molecule has 1 atom stereocenters. The van der Waals surface area contributed by atoms with Gasteiger partial charge in [0.05, 0.1) is 11.0 Å². The van der Waals surface area contributed by atoms with Crippen molar-refractivity contribution in [1.82, 2.24) is 4.57 Å². The van der Waals surface area contributed by atoms with Gasteiger partial charge in [0.25, 0.3) is 0 Å². The van der Waals surface area contributed by atoms with E-state index in [0.717, 1.165) is 12.8 Å². The van der Waals surface area contributed by atoms with Crippen LogP contribution in [-0.4, -0.2) is 4.57 Å². The number of nitrogens with zero attached hydrogens (tertiary/aromatic N) is 1. The van der Waals surface area contributed by atoms with Gasteiger partial charge in [0.1, 0.15) is 0 Å². The predicted molar refractivity (Wildman–Crippen MR) is 244 cm³/mol. The molecular formula is C57H47N. The van der Waals surface area contributed by atoms with Crippen molar-refractivity contribution >= 4 is 21.8 Å². The van der Waals surface area contributed by atoms with E-state index in [-0.39, 0.29) is 16.7 Å². The van der Waals surface area contributed by atoms with Crippen LogP contribution in [0.2, 0.25) is 0 Å². The van der Waals surface area contributed by atoms with Gasteiger partial charge in [0, 0.05) is 33.2 Å². The Morgan fingerprint density at radius 2 is 0.966 bits per heavy atom.